The van der Waals surface area contributed by atoms with E-state index < -0.39 is 0 Å². The third-order valence-electron chi connectivity index (χ3n) is 2.87. The highest BCUT2D eigenvalue weighted by Gasteiger charge is 2.07. The van der Waals surface area contributed by atoms with Crippen molar-refractivity contribution >= 4 is 11.8 Å². The van der Waals surface area contributed by atoms with E-state index in [4.69, 9.17) is 0 Å². The molecule has 0 fully saturated rings. The van der Waals surface area contributed by atoms with Crippen molar-refractivity contribution in [1.82, 2.24) is 5.32 Å². The SMILES string of the molecule is C=CCCC(CSc1ccc(C)cc1)NCCC. The van der Waals surface area contributed by atoms with Crippen LogP contribution in [0.4, 0.5) is 0 Å². The van der Waals surface area contributed by atoms with Crippen LogP contribution in [0.15, 0.2) is 41.8 Å². The Kier molecular flexibility index (Phi) is 7.86. The Hall–Kier alpha value is -0.730. The second-order valence-electron chi connectivity index (χ2n) is 4.64. The van der Waals surface area contributed by atoms with Gasteiger partial charge in [-0.05, 0) is 44.9 Å². The minimum absolute atomic E-state index is 0.592. The van der Waals surface area contributed by atoms with Gasteiger partial charge in [-0.2, -0.15) is 0 Å². The number of hydrogen-bond donors (Lipinski definition) is 1. The van der Waals surface area contributed by atoms with Crippen LogP contribution in [0.2, 0.25) is 0 Å². The quantitative estimate of drug-likeness (QED) is 0.523. The smallest absolute Gasteiger partial charge is 0.0164 e. The van der Waals surface area contributed by atoms with Crippen LogP contribution in [0, 0.1) is 6.92 Å². The van der Waals surface area contributed by atoms with Gasteiger partial charge in [-0.15, -0.1) is 18.3 Å². The van der Waals surface area contributed by atoms with Crippen molar-refractivity contribution in [3.05, 3.63) is 42.5 Å². The highest BCUT2D eigenvalue weighted by Crippen LogP contribution is 2.20. The number of allylic oxidation sites excluding steroid dienone is 1. The average molecular weight is 263 g/mol. The molecule has 18 heavy (non-hydrogen) atoms. The zero-order valence-corrected chi connectivity index (χ0v) is 12.4. The van der Waals surface area contributed by atoms with Gasteiger partial charge in [-0.3, -0.25) is 0 Å². The summed E-state index contributed by atoms with van der Waals surface area (Å²) in [5, 5.41) is 3.62. The van der Waals surface area contributed by atoms with Crippen LogP contribution < -0.4 is 5.32 Å². The Bertz CT molecular complexity index is 331. The highest BCUT2D eigenvalue weighted by atomic mass is 32.2. The second kappa shape index (κ2) is 9.23. The first-order valence-electron chi connectivity index (χ1n) is 6.80. The number of aryl methyl sites for hydroxylation is 1. The molecule has 1 rings (SSSR count). The molecule has 0 amide bonds. The molecule has 1 atom stereocenters. The Morgan fingerprint density at radius 1 is 1.33 bits per heavy atom. The van der Waals surface area contributed by atoms with Crippen LogP contribution in [0.3, 0.4) is 0 Å². The molecule has 1 aromatic rings. The standard InChI is InChI=1S/C16H25NS/c1-4-6-7-15(17-12-5-2)13-18-16-10-8-14(3)9-11-16/h4,8-11,15,17H,1,5-7,12-13H2,2-3H3. The molecule has 0 radical (unpaired) electrons. The molecule has 0 aliphatic rings. The van der Waals surface area contributed by atoms with Gasteiger partial charge in [0.15, 0.2) is 0 Å². The number of hydrogen-bond acceptors (Lipinski definition) is 2. The van der Waals surface area contributed by atoms with Gasteiger partial charge in [-0.25, -0.2) is 0 Å². The molecule has 1 unspecified atom stereocenters. The molecule has 0 saturated carbocycles. The summed E-state index contributed by atoms with van der Waals surface area (Å²) < 4.78 is 0. The van der Waals surface area contributed by atoms with Crippen LogP contribution in [0.5, 0.6) is 0 Å². The summed E-state index contributed by atoms with van der Waals surface area (Å²) in [6.07, 6.45) is 5.48. The van der Waals surface area contributed by atoms with Crippen molar-refractivity contribution in [2.24, 2.45) is 0 Å². The lowest BCUT2D eigenvalue weighted by molar-refractivity contribution is 0.524. The van der Waals surface area contributed by atoms with Gasteiger partial charge < -0.3 is 5.32 Å². The zero-order chi connectivity index (χ0) is 13.2. The second-order valence-corrected chi connectivity index (χ2v) is 5.73. The van der Waals surface area contributed by atoms with Crippen LogP contribution in [0.25, 0.3) is 0 Å². The summed E-state index contributed by atoms with van der Waals surface area (Å²) in [5.41, 5.74) is 1.33. The van der Waals surface area contributed by atoms with E-state index in [1.165, 1.54) is 23.3 Å². The van der Waals surface area contributed by atoms with E-state index in [0.717, 1.165) is 18.7 Å². The first kappa shape index (κ1) is 15.3. The van der Waals surface area contributed by atoms with Crippen molar-refractivity contribution in [3.63, 3.8) is 0 Å². The summed E-state index contributed by atoms with van der Waals surface area (Å²) in [4.78, 5) is 1.36. The van der Waals surface area contributed by atoms with Crippen molar-refractivity contribution in [3.8, 4) is 0 Å². The van der Waals surface area contributed by atoms with Crippen LogP contribution in [-0.2, 0) is 0 Å². The first-order chi connectivity index (χ1) is 8.76. The molecule has 1 nitrogen and oxygen atoms in total. The minimum Gasteiger partial charge on any atom is -0.313 e. The first-order valence-corrected chi connectivity index (χ1v) is 7.78. The maximum Gasteiger partial charge on any atom is 0.0164 e. The molecular formula is C16H25NS. The molecule has 0 saturated heterocycles. The fourth-order valence-electron chi connectivity index (χ4n) is 1.74. The normalized spacial score (nSPS) is 12.3. The largest absolute Gasteiger partial charge is 0.313 e. The third-order valence-corrected chi connectivity index (χ3v) is 4.05. The molecule has 0 heterocycles. The van der Waals surface area contributed by atoms with Gasteiger partial charge >= 0.3 is 0 Å². The minimum atomic E-state index is 0.592. The lowest BCUT2D eigenvalue weighted by Crippen LogP contribution is -2.31. The maximum atomic E-state index is 3.81. The van der Waals surface area contributed by atoms with Crippen LogP contribution >= 0.6 is 11.8 Å². The van der Waals surface area contributed by atoms with Gasteiger partial charge in [0.05, 0.1) is 0 Å². The Balaban J connectivity index is 2.39. The fourth-order valence-corrected chi connectivity index (χ4v) is 2.75. The van der Waals surface area contributed by atoms with Crippen LogP contribution in [0.1, 0.15) is 31.7 Å². The Morgan fingerprint density at radius 2 is 2.06 bits per heavy atom. The molecule has 0 aliphatic carbocycles. The molecule has 100 valence electrons. The number of nitrogens with one attached hydrogen (secondary N) is 1. The van der Waals surface area contributed by atoms with Crippen molar-refractivity contribution in [1.29, 1.82) is 0 Å². The lowest BCUT2D eigenvalue weighted by Gasteiger charge is -2.17. The van der Waals surface area contributed by atoms with E-state index >= 15 is 0 Å². The average Bonchev–Trinajstić information content (AvgIpc) is 2.40. The van der Waals surface area contributed by atoms with E-state index in [1.54, 1.807) is 0 Å². The van der Waals surface area contributed by atoms with Crippen LogP contribution in [-0.4, -0.2) is 18.3 Å². The zero-order valence-electron chi connectivity index (χ0n) is 11.6. The van der Waals surface area contributed by atoms with Gasteiger partial charge in [0, 0.05) is 16.7 Å². The van der Waals surface area contributed by atoms with Crippen molar-refractivity contribution in [2.75, 3.05) is 12.3 Å². The molecule has 2 heteroatoms. The number of rotatable bonds is 9. The van der Waals surface area contributed by atoms with Gasteiger partial charge in [0.1, 0.15) is 0 Å². The van der Waals surface area contributed by atoms with E-state index in [0.29, 0.717) is 6.04 Å². The monoisotopic (exact) mass is 263 g/mol. The predicted octanol–water partition coefficient (Wildman–Crippen LogP) is 4.42. The summed E-state index contributed by atoms with van der Waals surface area (Å²) >= 11 is 1.94. The van der Waals surface area contributed by atoms with Crippen molar-refractivity contribution in [2.45, 2.75) is 44.0 Å². The maximum absolute atomic E-state index is 3.81. The molecule has 1 N–H and O–H groups in total. The Labute approximate surface area is 116 Å². The molecule has 1 aromatic carbocycles. The summed E-state index contributed by atoms with van der Waals surface area (Å²) in [6, 6.07) is 9.38. The van der Waals surface area contributed by atoms with E-state index in [9.17, 15) is 0 Å². The van der Waals surface area contributed by atoms with E-state index in [-0.39, 0.29) is 0 Å². The van der Waals surface area contributed by atoms with Gasteiger partial charge in [0.25, 0.3) is 0 Å². The lowest BCUT2D eigenvalue weighted by atomic mass is 10.2. The molecule has 0 bridgehead atoms. The summed E-state index contributed by atoms with van der Waals surface area (Å²) in [6.45, 7) is 9.26. The van der Waals surface area contributed by atoms with E-state index in [1.807, 2.05) is 17.8 Å². The number of benzene rings is 1. The topological polar surface area (TPSA) is 12.0 Å². The molecule has 0 aromatic heterocycles. The van der Waals surface area contributed by atoms with Gasteiger partial charge in [0.2, 0.25) is 0 Å². The predicted molar refractivity (Wildman–Crippen MR) is 83.4 cm³/mol. The molecule has 0 aliphatic heterocycles. The number of thioether (sulfide) groups is 1. The molecule has 0 spiro atoms. The third kappa shape index (κ3) is 6.27. The van der Waals surface area contributed by atoms with Crippen molar-refractivity contribution < 1.29 is 0 Å². The summed E-state index contributed by atoms with van der Waals surface area (Å²) in [7, 11) is 0. The van der Waals surface area contributed by atoms with E-state index in [2.05, 4.69) is 50.0 Å². The van der Waals surface area contributed by atoms with Gasteiger partial charge in [-0.1, -0.05) is 30.7 Å². The Morgan fingerprint density at radius 3 is 2.67 bits per heavy atom. The fraction of sp³-hybridized carbons (Fsp3) is 0.500. The highest BCUT2D eigenvalue weighted by molar-refractivity contribution is 7.99. The molecular weight excluding hydrogens is 238 g/mol. The summed E-state index contributed by atoms with van der Waals surface area (Å²) in [5.74, 6) is 1.14.